The molecule has 114 valence electrons. The van der Waals surface area contributed by atoms with Gasteiger partial charge in [0.05, 0.1) is 6.07 Å². The molecule has 0 aliphatic carbocycles. The Labute approximate surface area is 120 Å². The number of rotatable bonds is 3. The lowest BCUT2D eigenvalue weighted by Gasteiger charge is -2.35. The molecule has 1 fully saturated rings. The molecule has 2 amide bonds. The molecule has 1 aromatic heterocycles. The highest BCUT2D eigenvalue weighted by atomic mass is 16.6. The molecule has 9 heteroatoms. The molecule has 0 aromatic carbocycles. The molecule has 21 heavy (non-hydrogen) atoms. The van der Waals surface area contributed by atoms with Crippen LogP contribution in [0.1, 0.15) is 10.6 Å². The third-order valence-corrected chi connectivity index (χ3v) is 3.21. The average molecular weight is 296 g/mol. The first-order valence-corrected chi connectivity index (χ1v) is 6.39. The summed E-state index contributed by atoms with van der Waals surface area (Å²) in [6, 6.07) is 1.73. The van der Waals surface area contributed by atoms with Crippen LogP contribution < -0.4 is 5.32 Å². The summed E-state index contributed by atoms with van der Waals surface area (Å²) in [4.78, 5) is 37.2. The molecule has 0 spiro atoms. The zero-order valence-electron chi connectivity index (χ0n) is 11.7. The second-order valence-corrected chi connectivity index (χ2v) is 4.85. The molecular formula is C12H16N4O5. The van der Waals surface area contributed by atoms with Crippen molar-refractivity contribution in [3.8, 4) is 0 Å². The Morgan fingerprint density at radius 3 is 2.76 bits per heavy atom. The van der Waals surface area contributed by atoms with Crippen LogP contribution >= 0.6 is 0 Å². The van der Waals surface area contributed by atoms with Crippen LogP contribution in [0.4, 0.5) is 5.88 Å². The molecule has 0 saturated carbocycles. The van der Waals surface area contributed by atoms with E-state index in [0.29, 0.717) is 19.6 Å². The Morgan fingerprint density at radius 1 is 1.48 bits per heavy atom. The third-order valence-electron chi connectivity index (χ3n) is 3.21. The number of amides is 2. The number of carbonyl (C=O) groups is 2. The van der Waals surface area contributed by atoms with E-state index < -0.39 is 22.8 Å². The van der Waals surface area contributed by atoms with Crippen LogP contribution in [0.2, 0.25) is 0 Å². The fraction of sp³-hybridized carbons (Fsp3) is 0.500. The predicted molar refractivity (Wildman–Crippen MR) is 71.8 cm³/mol. The van der Waals surface area contributed by atoms with Crippen LogP contribution in [-0.2, 0) is 4.79 Å². The van der Waals surface area contributed by atoms with Gasteiger partial charge in [0, 0.05) is 33.7 Å². The maximum Gasteiger partial charge on any atom is 0.433 e. The first kappa shape index (κ1) is 15.0. The lowest BCUT2D eigenvalue weighted by atomic mass is 10.1. The lowest BCUT2D eigenvalue weighted by molar-refractivity contribution is -0.402. The summed E-state index contributed by atoms with van der Waals surface area (Å²) in [6.45, 7) is 1.22. The molecule has 0 radical (unpaired) electrons. The summed E-state index contributed by atoms with van der Waals surface area (Å²) in [5.74, 6) is -1.37. The number of nitro groups is 1. The monoisotopic (exact) mass is 296 g/mol. The number of nitrogens with one attached hydrogen (secondary N) is 1. The number of likely N-dealkylation sites (N-methyl/N-ethyl adjacent to an activating group) is 1. The summed E-state index contributed by atoms with van der Waals surface area (Å²) < 4.78 is 4.91. The van der Waals surface area contributed by atoms with Gasteiger partial charge in [-0.1, -0.05) is 0 Å². The highest BCUT2D eigenvalue weighted by molar-refractivity contribution is 5.96. The number of hydrogen-bond donors (Lipinski definition) is 1. The van der Waals surface area contributed by atoms with E-state index >= 15 is 0 Å². The average Bonchev–Trinajstić information content (AvgIpc) is 2.95. The molecule has 1 saturated heterocycles. The predicted octanol–water partition coefficient (Wildman–Crippen LogP) is -0.310. The smallest absolute Gasteiger partial charge is 0.395 e. The summed E-state index contributed by atoms with van der Waals surface area (Å²) in [7, 11) is 3.22. The topological polar surface area (TPSA) is 109 Å². The van der Waals surface area contributed by atoms with Gasteiger partial charge < -0.3 is 19.5 Å². The normalized spacial score (nSPS) is 18.4. The number of furan rings is 1. The number of piperazine rings is 1. The van der Waals surface area contributed by atoms with Crippen molar-refractivity contribution in [2.75, 3.05) is 33.7 Å². The maximum absolute atomic E-state index is 12.4. The van der Waals surface area contributed by atoms with Crippen molar-refractivity contribution in [1.29, 1.82) is 0 Å². The summed E-state index contributed by atoms with van der Waals surface area (Å²) >= 11 is 0. The molecule has 2 heterocycles. The molecule has 2 rings (SSSR count). The first-order valence-electron chi connectivity index (χ1n) is 6.39. The summed E-state index contributed by atoms with van der Waals surface area (Å²) in [5, 5.41) is 13.6. The molecule has 1 aromatic rings. The van der Waals surface area contributed by atoms with E-state index in [1.54, 1.807) is 14.1 Å². The Balaban J connectivity index is 2.21. The summed E-state index contributed by atoms with van der Waals surface area (Å²) in [5.41, 5.74) is 0. The van der Waals surface area contributed by atoms with Gasteiger partial charge in [0.25, 0.3) is 5.91 Å². The van der Waals surface area contributed by atoms with Crippen LogP contribution in [0.15, 0.2) is 16.5 Å². The van der Waals surface area contributed by atoms with Gasteiger partial charge in [-0.2, -0.15) is 0 Å². The molecule has 1 unspecified atom stereocenters. The van der Waals surface area contributed by atoms with E-state index in [2.05, 4.69) is 5.32 Å². The van der Waals surface area contributed by atoms with E-state index in [1.807, 2.05) is 0 Å². The zero-order chi connectivity index (χ0) is 15.6. The van der Waals surface area contributed by atoms with Gasteiger partial charge in [-0.05, 0) is 6.07 Å². The molecule has 1 aliphatic rings. The lowest BCUT2D eigenvalue weighted by Crippen LogP contribution is -2.59. The highest BCUT2D eigenvalue weighted by Gasteiger charge is 2.35. The van der Waals surface area contributed by atoms with Crippen LogP contribution in [0, 0.1) is 10.1 Å². The van der Waals surface area contributed by atoms with Crippen LogP contribution in [-0.4, -0.2) is 66.3 Å². The highest BCUT2D eigenvalue weighted by Crippen LogP contribution is 2.19. The molecule has 9 nitrogen and oxygen atoms in total. The van der Waals surface area contributed by atoms with Gasteiger partial charge in [-0.3, -0.25) is 19.7 Å². The third kappa shape index (κ3) is 3.02. The van der Waals surface area contributed by atoms with E-state index in [1.165, 1.54) is 15.9 Å². The first-order chi connectivity index (χ1) is 9.91. The Hall–Kier alpha value is -2.42. The van der Waals surface area contributed by atoms with Crippen molar-refractivity contribution in [2.45, 2.75) is 6.04 Å². The van der Waals surface area contributed by atoms with E-state index in [9.17, 15) is 19.7 Å². The fourth-order valence-electron chi connectivity index (χ4n) is 2.15. The minimum absolute atomic E-state index is 0.139. The minimum atomic E-state index is -0.711. The van der Waals surface area contributed by atoms with Gasteiger partial charge in [-0.15, -0.1) is 0 Å². The van der Waals surface area contributed by atoms with Crippen LogP contribution in [0.5, 0.6) is 0 Å². The molecule has 1 atom stereocenters. The van der Waals surface area contributed by atoms with Gasteiger partial charge in [0.2, 0.25) is 5.91 Å². The van der Waals surface area contributed by atoms with Crippen molar-refractivity contribution in [3.05, 3.63) is 28.0 Å². The zero-order valence-corrected chi connectivity index (χ0v) is 11.7. The van der Waals surface area contributed by atoms with Gasteiger partial charge >= 0.3 is 5.88 Å². The number of hydrogen-bond acceptors (Lipinski definition) is 6. The molecule has 1 aliphatic heterocycles. The quantitative estimate of drug-likeness (QED) is 0.605. The second-order valence-electron chi connectivity index (χ2n) is 4.85. The molecule has 0 bridgehead atoms. The molecular weight excluding hydrogens is 280 g/mol. The van der Waals surface area contributed by atoms with Crippen molar-refractivity contribution >= 4 is 17.7 Å². The van der Waals surface area contributed by atoms with Crippen LogP contribution in [0.3, 0.4) is 0 Å². The van der Waals surface area contributed by atoms with Crippen molar-refractivity contribution in [2.24, 2.45) is 0 Å². The van der Waals surface area contributed by atoms with Crippen LogP contribution in [0.25, 0.3) is 0 Å². The van der Waals surface area contributed by atoms with Crippen molar-refractivity contribution in [1.82, 2.24) is 15.1 Å². The van der Waals surface area contributed by atoms with Crippen molar-refractivity contribution < 1.29 is 18.9 Å². The van der Waals surface area contributed by atoms with E-state index in [-0.39, 0.29) is 11.7 Å². The van der Waals surface area contributed by atoms with Gasteiger partial charge in [0.1, 0.15) is 11.0 Å². The number of carbonyl (C=O) groups excluding carboxylic acids is 2. The van der Waals surface area contributed by atoms with E-state index in [0.717, 1.165) is 6.07 Å². The molecule has 1 N–H and O–H groups in total. The maximum atomic E-state index is 12.4. The van der Waals surface area contributed by atoms with E-state index in [4.69, 9.17) is 4.42 Å². The SMILES string of the molecule is CN(C)C(=O)C1CNCCN1C(=O)c1ccc([N+](=O)[O-])o1. The number of nitrogens with zero attached hydrogens (tertiary/aromatic N) is 3. The van der Waals surface area contributed by atoms with Gasteiger partial charge in [-0.25, -0.2) is 0 Å². The van der Waals surface area contributed by atoms with Gasteiger partial charge in [0.15, 0.2) is 5.76 Å². The fourth-order valence-corrected chi connectivity index (χ4v) is 2.15. The Morgan fingerprint density at radius 2 is 2.19 bits per heavy atom. The Kier molecular flexibility index (Phi) is 4.22. The standard InChI is InChI=1S/C12H16N4O5/c1-14(2)11(17)8-7-13-5-6-15(8)12(18)9-3-4-10(21-9)16(19)20/h3-4,8,13H,5-7H2,1-2H3. The second kappa shape index (κ2) is 5.92. The summed E-state index contributed by atoms with van der Waals surface area (Å²) in [6.07, 6.45) is 0. The van der Waals surface area contributed by atoms with Crippen molar-refractivity contribution in [3.63, 3.8) is 0 Å². The largest absolute Gasteiger partial charge is 0.433 e. The Bertz CT molecular complexity index is 568. The minimum Gasteiger partial charge on any atom is -0.395 e.